The van der Waals surface area contributed by atoms with Crippen LogP contribution >= 0.6 is 23.4 Å². The maximum atomic E-state index is 12.2. The summed E-state index contributed by atoms with van der Waals surface area (Å²) in [5.74, 6) is -0.667. The van der Waals surface area contributed by atoms with Crippen LogP contribution in [0.4, 0.5) is 13.2 Å². The van der Waals surface area contributed by atoms with Crippen LogP contribution in [0.15, 0.2) is 47.4 Å². The zero-order valence-electron chi connectivity index (χ0n) is 12.5. The van der Waals surface area contributed by atoms with Gasteiger partial charge in [0.15, 0.2) is 0 Å². The topological polar surface area (TPSA) is 38.3 Å². The van der Waals surface area contributed by atoms with E-state index >= 15 is 0 Å². The molecule has 0 aliphatic carbocycles. The van der Waals surface area contributed by atoms with Gasteiger partial charge in [-0.05, 0) is 42.2 Å². The first kappa shape index (κ1) is 18.5. The fourth-order valence-electron chi connectivity index (χ4n) is 1.89. The third-order valence-electron chi connectivity index (χ3n) is 3.03. The van der Waals surface area contributed by atoms with Gasteiger partial charge in [0, 0.05) is 11.4 Å². The molecule has 0 atom stereocenters. The van der Waals surface area contributed by atoms with Crippen LogP contribution in [0.1, 0.15) is 15.9 Å². The highest BCUT2D eigenvalue weighted by Crippen LogP contribution is 2.24. The Hall–Kier alpha value is -1.86. The Morgan fingerprint density at radius 2 is 1.88 bits per heavy atom. The highest BCUT2D eigenvalue weighted by Gasteiger charge is 2.30. The summed E-state index contributed by atoms with van der Waals surface area (Å²) in [6.45, 7) is 0.158. The zero-order valence-corrected chi connectivity index (χ0v) is 14.1. The molecular weight excluding hydrogens is 363 g/mol. The summed E-state index contributed by atoms with van der Waals surface area (Å²) >= 11 is 7.50. The van der Waals surface area contributed by atoms with Gasteiger partial charge < -0.3 is 10.1 Å². The van der Waals surface area contributed by atoms with E-state index in [1.54, 1.807) is 12.1 Å². The quantitative estimate of drug-likeness (QED) is 0.756. The van der Waals surface area contributed by atoms with Gasteiger partial charge in [-0.15, -0.1) is 24.9 Å². The number of hydrogen-bond donors (Lipinski definition) is 1. The maximum Gasteiger partial charge on any atom is 0.573 e. The Labute approximate surface area is 146 Å². The Balaban J connectivity index is 1.99. The molecule has 0 aliphatic rings. The van der Waals surface area contributed by atoms with Crippen LogP contribution in [0.3, 0.4) is 0 Å². The number of thioether (sulfide) groups is 1. The van der Waals surface area contributed by atoms with E-state index in [-0.39, 0.29) is 18.2 Å². The van der Waals surface area contributed by atoms with Crippen molar-refractivity contribution in [2.45, 2.75) is 17.8 Å². The second-order valence-corrected chi connectivity index (χ2v) is 6.01. The van der Waals surface area contributed by atoms with Crippen molar-refractivity contribution in [3.63, 3.8) is 0 Å². The van der Waals surface area contributed by atoms with Gasteiger partial charge in [0.2, 0.25) is 0 Å². The summed E-state index contributed by atoms with van der Waals surface area (Å²) in [6, 6.07) is 10.4. The molecule has 0 unspecified atom stereocenters. The van der Waals surface area contributed by atoms with Crippen molar-refractivity contribution in [1.82, 2.24) is 5.32 Å². The fourth-order valence-corrected chi connectivity index (χ4v) is 2.54. The van der Waals surface area contributed by atoms with E-state index in [0.717, 1.165) is 4.90 Å². The van der Waals surface area contributed by atoms with Gasteiger partial charge in [-0.3, -0.25) is 4.79 Å². The molecule has 2 rings (SSSR count). The first-order valence-corrected chi connectivity index (χ1v) is 8.35. The molecule has 0 heterocycles. The molecule has 1 N–H and O–H groups in total. The molecule has 2 aromatic carbocycles. The third kappa shape index (κ3) is 5.35. The van der Waals surface area contributed by atoms with Crippen LogP contribution in [0.2, 0.25) is 5.02 Å². The summed E-state index contributed by atoms with van der Waals surface area (Å²) in [6.07, 6.45) is -2.84. The van der Waals surface area contributed by atoms with Gasteiger partial charge in [-0.2, -0.15) is 0 Å². The van der Waals surface area contributed by atoms with E-state index in [4.69, 9.17) is 11.6 Å². The van der Waals surface area contributed by atoms with Crippen LogP contribution in [0.5, 0.6) is 5.75 Å². The highest BCUT2D eigenvalue weighted by molar-refractivity contribution is 7.98. The van der Waals surface area contributed by atoms with Crippen LogP contribution in [0.25, 0.3) is 0 Å². The molecule has 2 aromatic rings. The summed E-state index contributed by atoms with van der Waals surface area (Å²) in [5.41, 5.74) is 0.982. The predicted octanol–water partition coefficient (Wildman–Crippen LogP) is 4.89. The zero-order chi connectivity index (χ0) is 17.7. The lowest BCUT2D eigenvalue weighted by atomic mass is 10.2. The smallest absolute Gasteiger partial charge is 0.406 e. The number of amides is 1. The number of carbonyl (C=O) groups excluding carboxylic acids is 1. The summed E-state index contributed by atoms with van der Waals surface area (Å²) in [4.78, 5) is 13.1. The monoisotopic (exact) mass is 375 g/mol. The number of rotatable bonds is 5. The number of halogens is 4. The number of alkyl halides is 3. The molecule has 0 fully saturated rings. The SMILES string of the molecule is CSc1ccc(Cl)c(C(=O)NCc2ccc(OC(F)(F)F)cc2)c1. The number of carbonyl (C=O) groups is 1. The molecule has 3 nitrogen and oxygen atoms in total. The van der Waals surface area contributed by atoms with Crippen molar-refractivity contribution >= 4 is 29.3 Å². The highest BCUT2D eigenvalue weighted by atomic mass is 35.5. The molecule has 24 heavy (non-hydrogen) atoms. The molecule has 0 aliphatic heterocycles. The Kier molecular flexibility index (Phi) is 6.01. The van der Waals surface area contributed by atoms with Gasteiger partial charge in [-0.25, -0.2) is 0 Å². The third-order valence-corrected chi connectivity index (χ3v) is 4.08. The van der Waals surface area contributed by atoms with Crippen molar-refractivity contribution in [2.75, 3.05) is 6.26 Å². The van der Waals surface area contributed by atoms with Crippen molar-refractivity contribution < 1.29 is 22.7 Å². The van der Waals surface area contributed by atoms with Crippen LogP contribution < -0.4 is 10.1 Å². The second-order valence-electron chi connectivity index (χ2n) is 4.72. The van der Waals surface area contributed by atoms with E-state index in [9.17, 15) is 18.0 Å². The van der Waals surface area contributed by atoms with Crippen molar-refractivity contribution in [3.05, 3.63) is 58.6 Å². The molecule has 0 saturated carbocycles. The van der Waals surface area contributed by atoms with Crippen molar-refractivity contribution in [2.24, 2.45) is 0 Å². The van der Waals surface area contributed by atoms with Gasteiger partial charge in [0.1, 0.15) is 5.75 Å². The van der Waals surface area contributed by atoms with Crippen LogP contribution in [0, 0.1) is 0 Å². The van der Waals surface area contributed by atoms with Crippen molar-refractivity contribution in [3.8, 4) is 5.75 Å². The first-order valence-electron chi connectivity index (χ1n) is 6.75. The van der Waals surface area contributed by atoms with Gasteiger partial charge in [0.25, 0.3) is 5.91 Å². The minimum absolute atomic E-state index is 0.158. The fraction of sp³-hybridized carbons (Fsp3) is 0.188. The molecular formula is C16H13ClF3NO2S. The second kappa shape index (κ2) is 7.81. The standard InChI is InChI=1S/C16H13ClF3NO2S/c1-24-12-6-7-14(17)13(8-12)15(22)21-9-10-2-4-11(5-3-10)23-16(18,19)20/h2-8H,9H2,1H3,(H,21,22). The molecule has 0 radical (unpaired) electrons. The molecule has 1 amide bonds. The average molecular weight is 376 g/mol. The largest absolute Gasteiger partial charge is 0.573 e. The lowest BCUT2D eigenvalue weighted by molar-refractivity contribution is -0.274. The van der Waals surface area contributed by atoms with Crippen LogP contribution in [-0.2, 0) is 6.54 Å². The van der Waals surface area contributed by atoms with Gasteiger partial charge >= 0.3 is 6.36 Å². The number of benzene rings is 2. The normalized spacial score (nSPS) is 11.2. The first-order chi connectivity index (χ1) is 11.3. The molecule has 0 saturated heterocycles. The molecule has 0 bridgehead atoms. The molecule has 128 valence electrons. The minimum atomic E-state index is -4.73. The molecule has 0 aromatic heterocycles. The average Bonchev–Trinajstić information content (AvgIpc) is 2.53. The lowest BCUT2D eigenvalue weighted by Crippen LogP contribution is -2.23. The Bertz CT molecular complexity index is 720. The van der Waals surface area contributed by atoms with E-state index in [1.807, 2.05) is 12.3 Å². The summed E-state index contributed by atoms with van der Waals surface area (Å²) in [5, 5.41) is 3.01. The van der Waals surface area contributed by atoms with E-state index < -0.39 is 6.36 Å². The maximum absolute atomic E-state index is 12.2. The molecule has 8 heteroatoms. The number of nitrogens with one attached hydrogen (secondary N) is 1. The van der Waals surface area contributed by atoms with Gasteiger partial charge in [-0.1, -0.05) is 23.7 Å². The summed E-state index contributed by atoms with van der Waals surface area (Å²) in [7, 11) is 0. The van der Waals surface area contributed by atoms with E-state index in [1.165, 1.54) is 36.0 Å². The Morgan fingerprint density at radius 1 is 1.21 bits per heavy atom. The van der Waals surface area contributed by atoms with E-state index in [0.29, 0.717) is 16.1 Å². The number of ether oxygens (including phenoxy) is 1. The molecule has 0 spiro atoms. The predicted molar refractivity (Wildman–Crippen MR) is 87.5 cm³/mol. The number of hydrogen-bond acceptors (Lipinski definition) is 3. The minimum Gasteiger partial charge on any atom is -0.406 e. The van der Waals surface area contributed by atoms with E-state index in [2.05, 4.69) is 10.1 Å². The lowest BCUT2D eigenvalue weighted by Gasteiger charge is -2.10. The Morgan fingerprint density at radius 3 is 2.46 bits per heavy atom. The van der Waals surface area contributed by atoms with Gasteiger partial charge in [0.05, 0.1) is 10.6 Å². The summed E-state index contributed by atoms with van der Waals surface area (Å²) < 4.78 is 40.1. The van der Waals surface area contributed by atoms with Crippen LogP contribution in [-0.4, -0.2) is 18.5 Å². The van der Waals surface area contributed by atoms with Crippen molar-refractivity contribution in [1.29, 1.82) is 0 Å².